The number of thiophene rings is 1. The summed E-state index contributed by atoms with van der Waals surface area (Å²) in [4.78, 5) is 14.1. The summed E-state index contributed by atoms with van der Waals surface area (Å²) in [6.07, 6.45) is 4.87. The van der Waals surface area contributed by atoms with Crippen LogP contribution in [0.5, 0.6) is 5.75 Å². The molecule has 4 rings (SSSR count). The molecule has 2 aromatic heterocycles. The van der Waals surface area contributed by atoms with E-state index < -0.39 is 17.7 Å². The Kier molecular flexibility index (Phi) is 9.31. The van der Waals surface area contributed by atoms with Crippen LogP contribution < -0.4 is 10.1 Å². The average Bonchev–Trinajstić information content (AvgIpc) is 3.49. The second kappa shape index (κ2) is 12.5. The predicted molar refractivity (Wildman–Crippen MR) is 154 cm³/mol. The van der Waals surface area contributed by atoms with Crippen LogP contribution in [-0.2, 0) is 24.2 Å². The lowest BCUT2D eigenvalue weighted by atomic mass is 9.69. The molecule has 7 nitrogen and oxygen atoms in total. The zero-order valence-corrected chi connectivity index (χ0v) is 24.7. The summed E-state index contributed by atoms with van der Waals surface area (Å²) in [5.74, 6) is -0.858. The quantitative estimate of drug-likeness (QED) is 0.191. The molecule has 3 aromatic rings. The molecule has 11 heteroatoms. The molecule has 1 aromatic carbocycles. The molecule has 0 aliphatic heterocycles. The first kappa shape index (κ1) is 29.7. The van der Waals surface area contributed by atoms with Crippen molar-refractivity contribution >= 4 is 34.0 Å². The van der Waals surface area contributed by atoms with Crippen molar-refractivity contribution in [3.05, 3.63) is 64.3 Å². The van der Waals surface area contributed by atoms with Crippen molar-refractivity contribution in [2.24, 2.45) is 11.3 Å². The zero-order chi connectivity index (χ0) is 29.0. The van der Waals surface area contributed by atoms with Crippen molar-refractivity contribution in [2.75, 3.05) is 11.1 Å². The molecule has 2 unspecified atom stereocenters. The van der Waals surface area contributed by atoms with Gasteiger partial charge in [0.25, 0.3) is 0 Å². The van der Waals surface area contributed by atoms with E-state index in [-0.39, 0.29) is 22.8 Å². The Morgan fingerprint density at radius 1 is 1.43 bits per heavy atom. The Hall–Kier alpha value is -3.23. The van der Waals surface area contributed by atoms with Gasteiger partial charge in [-0.05, 0) is 55.2 Å². The van der Waals surface area contributed by atoms with E-state index >= 15 is 0 Å². The van der Waals surface area contributed by atoms with Crippen molar-refractivity contribution in [1.82, 2.24) is 14.8 Å². The van der Waals surface area contributed by atoms with E-state index in [1.54, 1.807) is 17.6 Å². The Labute approximate surface area is 241 Å². The maximum Gasteiger partial charge on any atom is 0.235 e. The second-order valence-electron chi connectivity index (χ2n) is 10.5. The van der Waals surface area contributed by atoms with Crippen LogP contribution in [0.15, 0.2) is 36.0 Å². The summed E-state index contributed by atoms with van der Waals surface area (Å²) in [6.45, 7) is 12.6. The number of allylic oxidation sites excluding steroid dienone is 1. The molecule has 2 heterocycles. The first-order chi connectivity index (χ1) is 19.1. The maximum absolute atomic E-state index is 14.1. The highest BCUT2D eigenvalue weighted by Gasteiger charge is 2.34. The van der Waals surface area contributed by atoms with E-state index in [1.165, 1.54) is 34.0 Å². The lowest BCUT2D eigenvalue weighted by molar-refractivity contribution is -0.113. The van der Waals surface area contributed by atoms with Gasteiger partial charge in [-0.2, -0.15) is 5.26 Å². The smallest absolute Gasteiger partial charge is 0.235 e. The van der Waals surface area contributed by atoms with E-state index in [9.17, 15) is 18.8 Å². The number of anilines is 1. The Morgan fingerprint density at radius 2 is 2.20 bits per heavy atom. The number of carbonyl (C=O) groups is 1. The van der Waals surface area contributed by atoms with Crippen LogP contribution in [0.25, 0.3) is 0 Å². The number of thioether (sulfide) groups is 1. The fourth-order valence-corrected chi connectivity index (χ4v) is 6.91. The van der Waals surface area contributed by atoms with E-state index in [4.69, 9.17) is 4.74 Å². The van der Waals surface area contributed by atoms with Crippen LogP contribution >= 0.6 is 23.1 Å². The second-order valence-corrected chi connectivity index (χ2v) is 12.6. The topological polar surface area (TPSA) is 92.8 Å². The van der Waals surface area contributed by atoms with Gasteiger partial charge in [-0.1, -0.05) is 45.0 Å². The summed E-state index contributed by atoms with van der Waals surface area (Å²) in [7, 11) is 0. The minimum atomic E-state index is -0.815. The van der Waals surface area contributed by atoms with Crippen LogP contribution in [0.2, 0.25) is 0 Å². The summed E-state index contributed by atoms with van der Waals surface area (Å²) in [5.41, 5.74) is 1.87. The third-order valence-corrected chi connectivity index (χ3v) is 9.73. The van der Waals surface area contributed by atoms with Gasteiger partial charge in [-0.25, -0.2) is 8.78 Å². The Bertz CT molecular complexity index is 1440. The minimum absolute atomic E-state index is 0.0516. The molecule has 212 valence electrons. The van der Waals surface area contributed by atoms with E-state index in [1.807, 2.05) is 0 Å². The van der Waals surface area contributed by atoms with E-state index in [0.717, 1.165) is 43.4 Å². The van der Waals surface area contributed by atoms with Gasteiger partial charge in [-0.15, -0.1) is 28.1 Å². The minimum Gasteiger partial charge on any atom is -0.480 e. The number of rotatable bonds is 11. The fraction of sp³-hybridized carbons (Fsp3) is 0.448. The molecule has 0 saturated heterocycles. The van der Waals surface area contributed by atoms with Crippen molar-refractivity contribution in [3.63, 3.8) is 0 Å². The van der Waals surface area contributed by atoms with Crippen LogP contribution in [0, 0.1) is 34.3 Å². The number of nitrogens with zero attached hydrogens (tertiary/aromatic N) is 4. The first-order valence-electron chi connectivity index (χ1n) is 13.2. The van der Waals surface area contributed by atoms with Gasteiger partial charge in [0, 0.05) is 17.5 Å². The largest absolute Gasteiger partial charge is 0.480 e. The van der Waals surface area contributed by atoms with Gasteiger partial charge in [0.15, 0.2) is 28.7 Å². The van der Waals surface area contributed by atoms with Crippen molar-refractivity contribution < 1.29 is 18.3 Å². The summed E-state index contributed by atoms with van der Waals surface area (Å²) in [5, 5.41) is 22.3. The summed E-state index contributed by atoms with van der Waals surface area (Å²) >= 11 is 2.70. The summed E-state index contributed by atoms with van der Waals surface area (Å²) in [6, 6.07) is 5.40. The standard InChI is InChI=1S/C29H33F2N5O2S2/c1-6-12-36-26(17(3)38-23-11-9-19(30)14-22(23)31)34-35-28(36)39-16-25(37)33-27-21(15-32)20-10-8-18(13-24(20)40-27)29(4,5)7-2/h6,9,11,14,17-18H,1,7-8,10,12-13,16H2,2-5H3,(H,33,37). The molecule has 1 aliphatic carbocycles. The van der Waals surface area contributed by atoms with Gasteiger partial charge in [0.05, 0.1) is 11.3 Å². The third kappa shape index (κ3) is 6.39. The fourth-order valence-electron chi connectivity index (χ4n) is 4.86. The number of aromatic nitrogens is 3. The number of nitrogens with one attached hydrogen (secondary N) is 1. The SMILES string of the molecule is C=CCn1c(SCC(=O)Nc2sc3c(c2C#N)CCC(C(C)(C)CC)C3)nnc1C(C)Oc1ccc(F)cc1F. The van der Waals surface area contributed by atoms with Gasteiger partial charge < -0.3 is 10.1 Å². The molecular formula is C29H33F2N5O2S2. The number of fused-ring (bicyclic) bond motifs is 1. The van der Waals surface area contributed by atoms with Crippen LogP contribution in [0.3, 0.4) is 0 Å². The molecule has 0 spiro atoms. The van der Waals surface area contributed by atoms with E-state index in [0.29, 0.717) is 34.0 Å². The molecule has 0 fully saturated rings. The molecular weight excluding hydrogens is 552 g/mol. The average molecular weight is 586 g/mol. The highest BCUT2D eigenvalue weighted by molar-refractivity contribution is 7.99. The van der Waals surface area contributed by atoms with Crippen molar-refractivity contribution in [1.29, 1.82) is 5.26 Å². The highest BCUT2D eigenvalue weighted by atomic mass is 32.2. The predicted octanol–water partition coefficient (Wildman–Crippen LogP) is 7.09. The van der Waals surface area contributed by atoms with Gasteiger partial charge in [0.1, 0.15) is 16.9 Å². The number of nitriles is 1. The number of ether oxygens (including phenoxy) is 1. The molecule has 1 amide bonds. The first-order valence-corrected chi connectivity index (χ1v) is 15.0. The molecule has 0 bridgehead atoms. The Balaban J connectivity index is 1.44. The lowest BCUT2D eigenvalue weighted by Gasteiger charge is -2.36. The van der Waals surface area contributed by atoms with Gasteiger partial charge in [0.2, 0.25) is 5.91 Å². The van der Waals surface area contributed by atoms with Gasteiger partial charge in [-0.3, -0.25) is 9.36 Å². The number of carbonyl (C=O) groups excluding carboxylic acids is 1. The third-order valence-electron chi connectivity index (χ3n) is 7.60. The molecule has 2 atom stereocenters. The highest BCUT2D eigenvalue weighted by Crippen LogP contribution is 2.45. The molecule has 0 radical (unpaired) electrons. The molecule has 1 aliphatic rings. The van der Waals surface area contributed by atoms with Gasteiger partial charge >= 0.3 is 0 Å². The molecule has 1 N–H and O–H groups in total. The number of hydrogen-bond donors (Lipinski definition) is 1. The number of benzene rings is 1. The number of halogens is 2. The monoisotopic (exact) mass is 585 g/mol. The molecule has 0 saturated carbocycles. The molecule has 40 heavy (non-hydrogen) atoms. The maximum atomic E-state index is 14.1. The van der Waals surface area contributed by atoms with Crippen molar-refractivity contribution in [3.8, 4) is 11.8 Å². The Morgan fingerprint density at radius 3 is 2.88 bits per heavy atom. The lowest BCUT2D eigenvalue weighted by Crippen LogP contribution is -2.28. The zero-order valence-electron chi connectivity index (χ0n) is 23.1. The number of amides is 1. The number of hydrogen-bond acceptors (Lipinski definition) is 7. The van der Waals surface area contributed by atoms with Crippen LogP contribution in [0.1, 0.15) is 68.5 Å². The summed E-state index contributed by atoms with van der Waals surface area (Å²) < 4.78 is 34.8. The van der Waals surface area contributed by atoms with Crippen LogP contribution in [0.4, 0.5) is 13.8 Å². The van der Waals surface area contributed by atoms with E-state index in [2.05, 4.69) is 48.9 Å². The van der Waals surface area contributed by atoms with Crippen molar-refractivity contribution in [2.45, 2.75) is 71.2 Å². The normalized spacial score (nSPS) is 15.7. The van der Waals surface area contributed by atoms with Crippen LogP contribution in [-0.4, -0.2) is 26.4 Å².